The highest BCUT2D eigenvalue weighted by Gasteiger charge is 2.35. The van der Waals surface area contributed by atoms with Gasteiger partial charge in [-0.1, -0.05) is 6.07 Å². The molecule has 0 N–H and O–H groups in total. The summed E-state index contributed by atoms with van der Waals surface area (Å²) in [5, 5.41) is 0. The van der Waals surface area contributed by atoms with Crippen molar-refractivity contribution in [3.8, 4) is 0 Å². The van der Waals surface area contributed by atoms with Crippen LogP contribution in [0.1, 0.15) is 30.9 Å². The van der Waals surface area contributed by atoms with Gasteiger partial charge < -0.3 is 4.90 Å². The molecule has 0 saturated heterocycles. The van der Waals surface area contributed by atoms with Gasteiger partial charge in [0.15, 0.2) is 0 Å². The maximum atomic E-state index is 13.0. The van der Waals surface area contributed by atoms with Crippen molar-refractivity contribution in [3.05, 3.63) is 29.3 Å². The minimum atomic E-state index is -4.36. The van der Waals surface area contributed by atoms with Crippen molar-refractivity contribution in [2.45, 2.75) is 37.9 Å². The van der Waals surface area contributed by atoms with E-state index in [9.17, 15) is 13.2 Å². The van der Waals surface area contributed by atoms with Gasteiger partial charge in [-0.25, -0.2) is 0 Å². The van der Waals surface area contributed by atoms with Gasteiger partial charge in [0.05, 0.1) is 5.56 Å². The molecule has 1 aliphatic rings. The Bertz CT molecular complexity index is 454. The Hall–Kier alpha value is -0.900. The summed E-state index contributed by atoms with van der Waals surface area (Å²) in [7, 11) is 1.85. The number of alkyl halides is 4. The Morgan fingerprint density at radius 2 is 2.00 bits per heavy atom. The lowest BCUT2D eigenvalue weighted by molar-refractivity contribution is -0.138. The summed E-state index contributed by atoms with van der Waals surface area (Å²) < 4.78 is 38.9. The molecule has 106 valence electrons. The van der Waals surface area contributed by atoms with Gasteiger partial charge >= 0.3 is 6.18 Å². The number of nitrogens with zero attached hydrogens (tertiary/aromatic N) is 1. The average molecular weight is 292 g/mol. The molecule has 1 aromatic rings. The van der Waals surface area contributed by atoms with Crippen LogP contribution >= 0.6 is 11.6 Å². The molecular formula is C14H17ClF3N. The predicted octanol–water partition coefficient (Wildman–Crippen LogP) is 4.68. The lowest BCUT2D eigenvalue weighted by atomic mass is 10.1. The largest absolute Gasteiger partial charge is 0.416 e. The van der Waals surface area contributed by atoms with Crippen LogP contribution in [-0.4, -0.2) is 13.1 Å². The van der Waals surface area contributed by atoms with Crippen molar-refractivity contribution in [1.29, 1.82) is 0 Å². The number of benzene rings is 1. The van der Waals surface area contributed by atoms with Crippen molar-refractivity contribution in [2.24, 2.45) is 5.92 Å². The smallest absolute Gasteiger partial charge is 0.372 e. The number of hydrogen-bond acceptors (Lipinski definition) is 1. The van der Waals surface area contributed by atoms with Gasteiger partial charge in [-0.2, -0.15) is 13.2 Å². The molecule has 0 bridgehead atoms. The standard InChI is InChI=1S/C14H17ClF3N/c1-9(10-3-4-10)19(2)12-6-5-11(8-15)13(7-12)14(16,17)18/h5-7,9-10H,3-4,8H2,1-2H3. The van der Waals surface area contributed by atoms with Crippen molar-refractivity contribution >= 4 is 17.3 Å². The first-order chi connectivity index (χ1) is 8.84. The van der Waals surface area contributed by atoms with E-state index in [1.807, 2.05) is 11.9 Å². The predicted molar refractivity (Wildman–Crippen MR) is 71.6 cm³/mol. The lowest BCUT2D eigenvalue weighted by Crippen LogP contribution is -2.30. The quantitative estimate of drug-likeness (QED) is 0.728. The summed E-state index contributed by atoms with van der Waals surface area (Å²) in [6, 6.07) is 4.66. The van der Waals surface area contributed by atoms with E-state index >= 15 is 0 Å². The van der Waals surface area contributed by atoms with Gasteiger partial charge in [0.25, 0.3) is 0 Å². The van der Waals surface area contributed by atoms with Crippen LogP contribution in [0.25, 0.3) is 0 Å². The molecule has 1 aliphatic carbocycles. The maximum absolute atomic E-state index is 13.0. The molecule has 2 rings (SSSR count). The fourth-order valence-electron chi connectivity index (χ4n) is 2.29. The summed E-state index contributed by atoms with van der Waals surface area (Å²) in [6.07, 6.45) is -2.03. The van der Waals surface area contributed by atoms with Crippen LogP contribution in [0.5, 0.6) is 0 Å². The van der Waals surface area contributed by atoms with Crippen LogP contribution in [0.15, 0.2) is 18.2 Å². The lowest BCUT2D eigenvalue weighted by Gasteiger charge is -2.28. The number of hydrogen-bond donors (Lipinski definition) is 0. The van der Waals surface area contributed by atoms with Crippen molar-refractivity contribution in [1.82, 2.24) is 0 Å². The second-order valence-electron chi connectivity index (χ2n) is 5.16. The molecule has 0 spiro atoms. The van der Waals surface area contributed by atoms with Crippen molar-refractivity contribution in [2.75, 3.05) is 11.9 Å². The van der Waals surface area contributed by atoms with Crippen LogP contribution in [0.4, 0.5) is 18.9 Å². The molecule has 0 amide bonds. The first-order valence-corrected chi connectivity index (χ1v) is 6.87. The molecule has 1 unspecified atom stereocenters. The molecular weight excluding hydrogens is 275 g/mol. The van der Waals surface area contributed by atoms with Crippen molar-refractivity contribution in [3.63, 3.8) is 0 Å². The van der Waals surface area contributed by atoms with Gasteiger partial charge in [0.1, 0.15) is 0 Å². The average Bonchev–Trinajstić information content (AvgIpc) is 3.19. The third-order valence-electron chi connectivity index (χ3n) is 3.87. The second-order valence-corrected chi connectivity index (χ2v) is 5.43. The van der Waals surface area contributed by atoms with Gasteiger partial charge in [-0.05, 0) is 43.4 Å². The Balaban J connectivity index is 2.31. The van der Waals surface area contributed by atoms with Crippen LogP contribution in [0, 0.1) is 5.92 Å². The fraction of sp³-hybridized carbons (Fsp3) is 0.571. The van der Waals surface area contributed by atoms with E-state index in [-0.39, 0.29) is 17.5 Å². The molecule has 1 nitrogen and oxygen atoms in total. The van der Waals surface area contributed by atoms with E-state index in [0.717, 1.165) is 12.8 Å². The highest BCUT2D eigenvalue weighted by molar-refractivity contribution is 6.17. The van der Waals surface area contributed by atoms with Gasteiger partial charge in [0, 0.05) is 24.7 Å². The SMILES string of the molecule is CC(C1CC1)N(C)c1ccc(CCl)c(C(F)(F)F)c1. The molecule has 0 radical (unpaired) electrons. The Morgan fingerprint density at radius 3 is 2.47 bits per heavy atom. The molecule has 19 heavy (non-hydrogen) atoms. The Labute approximate surface area is 116 Å². The molecule has 1 saturated carbocycles. The fourth-order valence-corrected chi connectivity index (χ4v) is 2.53. The van der Waals surface area contributed by atoms with Crippen LogP contribution in [0.2, 0.25) is 0 Å². The monoisotopic (exact) mass is 291 g/mol. The first-order valence-electron chi connectivity index (χ1n) is 6.33. The minimum Gasteiger partial charge on any atom is -0.372 e. The highest BCUT2D eigenvalue weighted by Crippen LogP contribution is 2.39. The van der Waals surface area contributed by atoms with E-state index in [2.05, 4.69) is 6.92 Å². The van der Waals surface area contributed by atoms with Crippen LogP contribution in [-0.2, 0) is 12.1 Å². The maximum Gasteiger partial charge on any atom is 0.416 e. The zero-order valence-electron chi connectivity index (χ0n) is 11.0. The third kappa shape index (κ3) is 3.16. The molecule has 1 atom stereocenters. The molecule has 0 aromatic heterocycles. The topological polar surface area (TPSA) is 3.24 Å². The van der Waals surface area contributed by atoms with E-state index in [1.165, 1.54) is 12.1 Å². The molecule has 1 aromatic carbocycles. The summed E-state index contributed by atoms with van der Waals surface area (Å²) in [4.78, 5) is 1.92. The van der Waals surface area contributed by atoms with Crippen LogP contribution < -0.4 is 4.90 Å². The number of halogens is 4. The summed E-state index contributed by atoms with van der Waals surface area (Å²) in [5.41, 5.74) is 0.0980. The molecule has 1 fully saturated rings. The molecule has 0 aliphatic heterocycles. The minimum absolute atomic E-state index is 0.128. The van der Waals surface area contributed by atoms with E-state index in [4.69, 9.17) is 11.6 Å². The van der Waals surface area contributed by atoms with Crippen molar-refractivity contribution < 1.29 is 13.2 Å². The number of anilines is 1. The normalized spacial score (nSPS) is 17.4. The van der Waals surface area contributed by atoms with Gasteiger partial charge in [-0.15, -0.1) is 11.6 Å². The summed E-state index contributed by atoms with van der Waals surface area (Å²) in [6.45, 7) is 2.06. The summed E-state index contributed by atoms with van der Waals surface area (Å²) in [5.74, 6) is 0.476. The third-order valence-corrected chi connectivity index (χ3v) is 4.15. The van der Waals surface area contributed by atoms with Gasteiger partial charge in [-0.3, -0.25) is 0 Å². The van der Waals surface area contributed by atoms with E-state index < -0.39 is 11.7 Å². The zero-order chi connectivity index (χ0) is 14.2. The highest BCUT2D eigenvalue weighted by atomic mass is 35.5. The first kappa shape index (κ1) is 14.5. The zero-order valence-corrected chi connectivity index (χ0v) is 11.7. The Morgan fingerprint density at radius 1 is 1.37 bits per heavy atom. The summed E-state index contributed by atoms with van der Waals surface area (Å²) >= 11 is 5.58. The second kappa shape index (κ2) is 5.23. The Kier molecular flexibility index (Phi) is 4.00. The van der Waals surface area contributed by atoms with E-state index in [0.29, 0.717) is 11.6 Å². The number of rotatable bonds is 4. The van der Waals surface area contributed by atoms with Crippen LogP contribution in [0.3, 0.4) is 0 Å². The van der Waals surface area contributed by atoms with Gasteiger partial charge in [0.2, 0.25) is 0 Å². The van der Waals surface area contributed by atoms with E-state index in [1.54, 1.807) is 6.07 Å². The molecule has 0 heterocycles. The molecule has 5 heteroatoms.